The van der Waals surface area contributed by atoms with E-state index in [2.05, 4.69) is 4.98 Å². The number of carbonyl (C=O) groups excluding carboxylic acids is 1. The quantitative estimate of drug-likeness (QED) is 0.794. The van der Waals surface area contributed by atoms with Crippen molar-refractivity contribution in [2.75, 3.05) is 12.0 Å². The van der Waals surface area contributed by atoms with Crippen molar-refractivity contribution in [2.45, 2.75) is 20.4 Å². The van der Waals surface area contributed by atoms with E-state index in [4.69, 9.17) is 4.74 Å². The number of H-pyrrole nitrogens is 1. The molecule has 0 saturated carbocycles. The van der Waals surface area contributed by atoms with Crippen LogP contribution in [0.4, 0.5) is 5.69 Å². The minimum absolute atomic E-state index is 0.142. The van der Waals surface area contributed by atoms with Gasteiger partial charge < -0.3 is 14.6 Å². The fourth-order valence-corrected chi connectivity index (χ4v) is 2.81. The van der Waals surface area contributed by atoms with Gasteiger partial charge in [0.15, 0.2) is 0 Å². The minimum Gasteiger partial charge on any atom is -0.497 e. The molecular weight excluding hydrogens is 316 g/mol. The first-order valence-corrected chi connectivity index (χ1v) is 8.02. The highest BCUT2D eigenvalue weighted by molar-refractivity contribution is 5.91. The molecule has 0 saturated heterocycles. The number of ether oxygens (including phenoxy) is 1. The van der Waals surface area contributed by atoms with E-state index in [1.165, 1.54) is 6.92 Å². The highest BCUT2D eigenvalue weighted by Crippen LogP contribution is 2.23. The Morgan fingerprint density at radius 2 is 1.96 bits per heavy atom. The Kier molecular flexibility index (Phi) is 4.57. The smallest absolute Gasteiger partial charge is 0.253 e. The molecular formula is C20H20N2O3. The van der Waals surface area contributed by atoms with E-state index >= 15 is 0 Å². The number of aromatic nitrogens is 1. The van der Waals surface area contributed by atoms with Crippen molar-refractivity contribution < 1.29 is 9.53 Å². The SMILES string of the molecule is COc1cccc(N(Cc2cc3ccc(C)cc3[nH]c2=O)C(C)=O)c1. The van der Waals surface area contributed by atoms with Gasteiger partial charge >= 0.3 is 0 Å². The number of anilines is 1. The molecule has 25 heavy (non-hydrogen) atoms. The molecule has 5 heteroatoms. The van der Waals surface area contributed by atoms with Gasteiger partial charge in [0, 0.05) is 29.8 Å². The summed E-state index contributed by atoms with van der Waals surface area (Å²) in [4.78, 5) is 29.0. The molecule has 0 aliphatic rings. The van der Waals surface area contributed by atoms with Crippen LogP contribution in [0.1, 0.15) is 18.1 Å². The van der Waals surface area contributed by atoms with Crippen LogP contribution >= 0.6 is 0 Å². The summed E-state index contributed by atoms with van der Waals surface area (Å²) in [5.74, 6) is 0.517. The fraction of sp³-hybridized carbons (Fsp3) is 0.200. The molecule has 1 amide bonds. The Morgan fingerprint density at radius 1 is 1.16 bits per heavy atom. The number of fused-ring (bicyclic) bond motifs is 1. The summed E-state index contributed by atoms with van der Waals surface area (Å²) in [6.45, 7) is 3.66. The van der Waals surface area contributed by atoms with Crippen molar-refractivity contribution in [1.82, 2.24) is 4.98 Å². The third-order valence-electron chi connectivity index (χ3n) is 4.15. The van der Waals surface area contributed by atoms with Gasteiger partial charge in [-0.25, -0.2) is 0 Å². The highest BCUT2D eigenvalue weighted by Gasteiger charge is 2.15. The van der Waals surface area contributed by atoms with Gasteiger partial charge in [0.25, 0.3) is 5.56 Å². The number of amides is 1. The van der Waals surface area contributed by atoms with Crippen LogP contribution in [-0.2, 0) is 11.3 Å². The molecule has 0 bridgehead atoms. The van der Waals surface area contributed by atoms with E-state index in [-0.39, 0.29) is 18.0 Å². The van der Waals surface area contributed by atoms with Gasteiger partial charge in [0.2, 0.25) is 5.91 Å². The third-order valence-corrected chi connectivity index (χ3v) is 4.15. The van der Waals surface area contributed by atoms with E-state index in [0.717, 1.165) is 16.5 Å². The van der Waals surface area contributed by atoms with Gasteiger partial charge in [-0.1, -0.05) is 18.2 Å². The molecule has 3 rings (SSSR count). The molecule has 3 aromatic rings. The molecule has 0 fully saturated rings. The molecule has 0 aliphatic carbocycles. The van der Waals surface area contributed by atoms with E-state index in [0.29, 0.717) is 17.0 Å². The summed E-state index contributed by atoms with van der Waals surface area (Å²) in [6.07, 6.45) is 0. The average Bonchev–Trinajstić information content (AvgIpc) is 2.59. The van der Waals surface area contributed by atoms with Gasteiger partial charge in [-0.05, 0) is 42.1 Å². The van der Waals surface area contributed by atoms with Crippen LogP contribution in [0.15, 0.2) is 53.3 Å². The van der Waals surface area contributed by atoms with Crippen molar-refractivity contribution in [3.8, 4) is 5.75 Å². The second kappa shape index (κ2) is 6.81. The van der Waals surface area contributed by atoms with Crippen molar-refractivity contribution in [3.63, 3.8) is 0 Å². The van der Waals surface area contributed by atoms with E-state index in [1.807, 2.05) is 49.4 Å². The standard InChI is InChI=1S/C20H20N2O3/c1-13-7-8-15-10-16(20(24)21-19(15)9-13)12-22(14(2)23)17-5-4-6-18(11-17)25-3/h4-11H,12H2,1-3H3,(H,21,24). The summed E-state index contributed by atoms with van der Waals surface area (Å²) in [5, 5.41) is 0.939. The molecule has 2 aromatic carbocycles. The number of aryl methyl sites for hydroxylation is 1. The molecule has 0 radical (unpaired) electrons. The number of nitrogens with zero attached hydrogens (tertiary/aromatic N) is 1. The van der Waals surface area contributed by atoms with Gasteiger partial charge in [0.1, 0.15) is 5.75 Å². The maximum Gasteiger partial charge on any atom is 0.253 e. The number of aromatic amines is 1. The van der Waals surface area contributed by atoms with Crippen LogP contribution in [0, 0.1) is 6.92 Å². The first-order chi connectivity index (χ1) is 12.0. The molecule has 128 valence electrons. The first kappa shape index (κ1) is 16.8. The molecule has 0 atom stereocenters. The average molecular weight is 336 g/mol. The number of methoxy groups -OCH3 is 1. The fourth-order valence-electron chi connectivity index (χ4n) is 2.81. The summed E-state index contributed by atoms with van der Waals surface area (Å²) >= 11 is 0. The number of pyridine rings is 1. The van der Waals surface area contributed by atoms with E-state index < -0.39 is 0 Å². The Balaban J connectivity index is 2.01. The number of carbonyl (C=O) groups is 1. The van der Waals surface area contributed by atoms with Crippen molar-refractivity contribution in [3.05, 3.63) is 70.0 Å². The van der Waals surface area contributed by atoms with E-state index in [1.54, 1.807) is 18.1 Å². The lowest BCUT2D eigenvalue weighted by Gasteiger charge is -2.21. The highest BCUT2D eigenvalue weighted by atomic mass is 16.5. The number of hydrogen-bond acceptors (Lipinski definition) is 3. The molecule has 0 unspecified atom stereocenters. The monoisotopic (exact) mass is 336 g/mol. The number of hydrogen-bond donors (Lipinski definition) is 1. The Labute approximate surface area is 145 Å². The van der Waals surface area contributed by atoms with Crippen LogP contribution in [0.3, 0.4) is 0 Å². The van der Waals surface area contributed by atoms with Crippen LogP contribution < -0.4 is 15.2 Å². The predicted octanol–water partition coefficient (Wildman–Crippen LogP) is 3.40. The second-order valence-corrected chi connectivity index (χ2v) is 6.02. The summed E-state index contributed by atoms with van der Waals surface area (Å²) in [6, 6.07) is 15.0. The summed E-state index contributed by atoms with van der Waals surface area (Å²) < 4.78 is 5.22. The lowest BCUT2D eigenvalue weighted by molar-refractivity contribution is -0.116. The van der Waals surface area contributed by atoms with E-state index in [9.17, 15) is 9.59 Å². The minimum atomic E-state index is -0.188. The molecule has 0 aliphatic heterocycles. The zero-order valence-electron chi connectivity index (χ0n) is 14.5. The van der Waals surface area contributed by atoms with Crippen LogP contribution in [0.2, 0.25) is 0 Å². The first-order valence-electron chi connectivity index (χ1n) is 8.02. The van der Waals surface area contributed by atoms with Gasteiger partial charge in [-0.15, -0.1) is 0 Å². The topological polar surface area (TPSA) is 62.4 Å². The van der Waals surface area contributed by atoms with Crippen molar-refractivity contribution >= 4 is 22.5 Å². The van der Waals surface area contributed by atoms with Crippen molar-refractivity contribution in [2.24, 2.45) is 0 Å². The Bertz CT molecular complexity index is 992. The number of rotatable bonds is 4. The molecule has 5 nitrogen and oxygen atoms in total. The predicted molar refractivity (Wildman–Crippen MR) is 99.2 cm³/mol. The van der Waals surface area contributed by atoms with Crippen LogP contribution in [-0.4, -0.2) is 18.0 Å². The van der Waals surface area contributed by atoms with Gasteiger partial charge in [-0.3, -0.25) is 9.59 Å². The zero-order chi connectivity index (χ0) is 18.0. The lowest BCUT2D eigenvalue weighted by Crippen LogP contribution is -2.30. The third kappa shape index (κ3) is 3.55. The lowest BCUT2D eigenvalue weighted by atomic mass is 10.1. The number of benzene rings is 2. The second-order valence-electron chi connectivity index (χ2n) is 6.02. The number of nitrogens with one attached hydrogen (secondary N) is 1. The van der Waals surface area contributed by atoms with Gasteiger partial charge in [0.05, 0.1) is 13.7 Å². The molecule has 1 aromatic heterocycles. The molecule has 1 N–H and O–H groups in total. The normalized spacial score (nSPS) is 10.7. The summed E-state index contributed by atoms with van der Waals surface area (Å²) in [5.41, 5.74) is 2.92. The maximum atomic E-state index is 12.4. The summed E-state index contributed by atoms with van der Waals surface area (Å²) in [7, 11) is 1.58. The van der Waals surface area contributed by atoms with Gasteiger partial charge in [-0.2, -0.15) is 0 Å². The largest absolute Gasteiger partial charge is 0.497 e. The Hall–Kier alpha value is -3.08. The van der Waals surface area contributed by atoms with Crippen molar-refractivity contribution in [1.29, 1.82) is 0 Å². The van der Waals surface area contributed by atoms with Crippen LogP contribution in [0.25, 0.3) is 10.9 Å². The maximum absolute atomic E-state index is 12.4. The zero-order valence-corrected chi connectivity index (χ0v) is 14.5. The molecule has 0 spiro atoms. The molecule has 1 heterocycles. The van der Waals surface area contributed by atoms with Crippen LogP contribution in [0.5, 0.6) is 5.75 Å². The Morgan fingerprint density at radius 3 is 2.68 bits per heavy atom.